The second kappa shape index (κ2) is 7.04. The lowest BCUT2D eigenvalue weighted by atomic mass is 10.1. The van der Waals surface area contributed by atoms with Gasteiger partial charge in [-0.1, -0.05) is 12.1 Å². The number of ether oxygens (including phenoxy) is 1. The molecule has 4 rings (SSSR count). The fourth-order valence-corrected chi connectivity index (χ4v) is 3.29. The highest BCUT2D eigenvalue weighted by molar-refractivity contribution is 6.04. The van der Waals surface area contributed by atoms with Gasteiger partial charge in [-0.05, 0) is 55.3 Å². The van der Waals surface area contributed by atoms with E-state index in [9.17, 15) is 4.79 Å². The highest BCUT2D eigenvalue weighted by Crippen LogP contribution is 2.26. The highest BCUT2D eigenvalue weighted by atomic mass is 16.5. The molecule has 26 heavy (non-hydrogen) atoms. The molecule has 0 fully saturated rings. The maximum Gasteiger partial charge on any atom is 0.255 e. The number of nitrogens with one attached hydrogen (secondary N) is 1. The summed E-state index contributed by atoms with van der Waals surface area (Å²) in [7, 11) is 0. The van der Waals surface area contributed by atoms with Gasteiger partial charge in [0.25, 0.3) is 5.91 Å². The highest BCUT2D eigenvalue weighted by Gasteiger charge is 2.16. The molecule has 1 amide bonds. The van der Waals surface area contributed by atoms with E-state index in [-0.39, 0.29) is 5.91 Å². The molecule has 0 atom stereocenters. The Morgan fingerprint density at radius 2 is 1.92 bits per heavy atom. The van der Waals surface area contributed by atoms with Crippen LogP contribution in [0, 0.1) is 0 Å². The molecule has 0 spiro atoms. The van der Waals surface area contributed by atoms with Crippen LogP contribution in [0.25, 0.3) is 11.3 Å². The van der Waals surface area contributed by atoms with Gasteiger partial charge in [-0.2, -0.15) is 0 Å². The molecule has 0 saturated carbocycles. The number of carbonyl (C=O) groups excluding carboxylic acids is 1. The Morgan fingerprint density at radius 3 is 2.65 bits per heavy atom. The zero-order valence-electron chi connectivity index (χ0n) is 14.7. The van der Waals surface area contributed by atoms with Gasteiger partial charge in [-0.25, -0.2) is 4.98 Å². The molecule has 0 aliphatic carbocycles. The zero-order valence-corrected chi connectivity index (χ0v) is 14.7. The number of aryl methyl sites for hydroxylation is 1. The second-order valence-electron chi connectivity index (χ2n) is 6.30. The number of rotatable bonds is 5. The third kappa shape index (κ3) is 3.20. The first kappa shape index (κ1) is 16.4. The molecule has 1 aliphatic rings. The number of anilines is 1. The van der Waals surface area contributed by atoms with Gasteiger partial charge in [-0.3, -0.25) is 4.79 Å². The molecule has 1 aromatic heterocycles. The number of amides is 1. The zero-order chi connectivity index (χ0) is 17.9. The number of fused-ring (bicyclic) bond motifs is 1. The first-order valence-electron chi connectivity index (χ1n) is 8.93. The molecule has 1 N–H and O–H groups in total. The maximum absolute atomic E-state index is 12.4. The lowest BCUT2D eigenvalue weighted by Crippen LogP contribution is -2.11. The Kier molecular flexibility index (Phi) is 4.44. The van der Waals surface area contributed by atoms with E-state index < -0.39 is 0 Å². The lowest BCUT2D eigenvalue weighted by molar-refractivity contribution is 0.102. The Hall–Kier alpha value is -3.08. The van der Waals surface area contributed by atoms with Crippen LogP contribution in [0.3, 0.4) is 0 Å². The molecule has 0 saturated heterocycles. The molecular formula is C21H21N3O2. The molecule has 0 bridgehead atoms. The van der Waals surface area contributed by atoms with Gasteiger partial charge in [0.2, 0.25) is 0 Å². The van der Waals surface area contributed by atoms with Crippen LogP contribution in [-0.2, 0) is 13.0 Å². The minimum Gasteiger partial charge on any atom is -0.494 e. The lowest BCUT2D eigenvalue weighted by Gasteiger charge is -2.09. The molecular weight excluding hydrogens is 326 g/mol. The van der Waals surface area contributed by atoms with Crippen molar-refractivity contribution >= 4 is 11.6 Å². The molecule has 2 heterocycles. The first-order valence-corrected chi connectivity index (χ1v) is 8.93. The van der Waals surface area contributed by atoms with Gasteiger partial charge < -0.3 is 14.6 Å². The molecule has 5 heteroatoms. The monoisotopic (exact) mass is 347 g/mol. The summed E-state index contributed by atoms with van der Waals surface area (Å²) in [4.78, 5) is 16.9. The van der Waals surface area contributed by atoms with Gasteiger partial charge in [-0.15, -0.1) is 0 Å². The van der Waals surface area contributed by atoms with Crippen LogP contribution in [-0.4, -0.2) is 22.1 Å². The van der Waals surface area contributed by atoms with Crippen LogP contribution in [0.2, 0.25) is 0 Å². The summed E-state index contributed by atoms with van der Waals surface area (Å²) in [6.45, 7) is 3.57. The van der Waals surface area contributed by atoms with E-state index in [1.165, 1.54) is 0 Å². The summed E-state index contributed by atoms with van der Waals surface area (Å²) in [5.74, 6) is 1.79. The smallest absolute Gasteiger partial charge is 0.255 e. The minimum atomic E-state index is -0.133. The number of imidazole rings is 1. The summed E-state index contributed by atoms with van der Waals surface area (Å²) in [5, 5.41) is 2.93. The molecule has 3 aromatic rings. The van der Waals surface area contributed by atoms with Crippen LogP contribution >= 0.6 is 0 Å². The summed E-state index contributed by atoms with van der Waals surface area (Å²) < 4.78 is 7.67. The van der Waals surface area contributed by atoms with Crippen molar-refractivity contribution in [1.82, 2.24) is 9.55 Å². The van der Waals surface area contributed by atoms with E-state index in [0.29, 0.717) is 12.2 Å². The van der Waals surface area contributed by atoms with Crippen molar-refractivity contribution in [2.24, 2.45) is 0 Å². The van der Waals surface area contributed by atoms with Gasteiger partial charge in [0.15, 0.2) is 0 Å². The van der Waals surface area contributed by atoms with Crippen molar-refractivity contribution < 1.29 is 9.53 Å². The number of aromatic nitrogens is 2. The first-order chi connectivity index (χ1) is 12.7. The quantitative estimate of drug-likeness (QED) is 0.754. The van der Waals surface area contributed by atoms with Crippen LogP contribution < -0.4 is 10.1 Å². The molecule has 5 nitrogen and oxygen atoms in total. The predicted octanol–water partition coefficient (Wildman–Crippen LogP) is 4.15. The van der Waals surface area contributed by atoms with Crippen molar-refractivity contribution in [2.75, 3.05) is 11.9 Å². The van der Waals surface area contributed by atoms with Gasteiger partial charge >= 0.3 is 0 Å². The number of hydrogen-bond acceptors (Lipinski definition) is 3. The van der Waals surface area contributed by atoms with E-state index in [4.69, 9.17) is 4.74 Å². The Balaban J connectivity index is 1.46. The molecule has 1 aliphatic heterocycles. The van der Waals surface area contributed by atoms with Crippen molar-refractivity contribution in [3.05, 3.63) is 66.1 Å². The molecule has 0 radical (unpaired) electrons. The summed E-state index contributed by atoms with van der Waals surface area (Å²) in [5.41, 5.74) is 3.63. The van der Waals surface area contributed by atoms with Crippen molar-refractivity contribution in [1.29, 1.82) is 0 Å². The van der Waals surface area contributed by atoms with E-state index in [0.717, 1.165) is 47.9 Å². The number of benzene rings is 2. The number of carbonyl (C=O) groups is 1. The Bertz CT molecular complexity index is 911. The van der Waals surface area contributed by atoms with Crippen molar-refractivity contribution in [3.63, 3.8) is 0 Å². The second-order valence-corrected chi connectivity index (χ2v) is 6.30. The normalized spacial score (nSPS) is 12.7. The number of nitrogens with zero attached hydrogens (tertiary/aromatic N) is 2. The van der Waals surface area contributed by atoms with Crippen LogP contribution in [0.4, 0.5) is 5.69 Å². The van der Waals surface area contributed by atoms with Crippen LogP contribution in [0.15, 0.2) is 54.7 Å². The van der Waals surface area contributed by atoms with Crippen LogP contribution in [0.5, 0.6) is 5.75 Å². The van der Waals surface area contributed by atoms with Gasteiger partial charge in [0.1, 0.15) is 11.6 Å². The molecule has 2 aromatic carbocycles. The van der Waals surface area contributed by atoms with E-state index in [1.54, 1.807) is 12.1 Å². The fourth-order valence-electron chi connectivity index (χ4n) is 3.29. The fraction of sp³-hybridized carbons (Fsp3) is 0.238. The topological polar surface area (TPSA) is 56.1 Å². The SMILES string of the molecule is CCOc1ccc(C(=O)Nc2ccc(-c3cnc4n3CCC4)cc2)cc1. The third-order valence-electron chi connectivity index (χ3n) is 4.59. The van der Waals surface area contributed by atoms with Crippen LogP contribution in [0.1, 0.15) is 29.5 Å². The maximum atomic E-state index is 12.4. The summed E-state index contributed by atoms with van der Waals surface area (Å²) in [6, 6.07) is 15.1. The molecule has 0 unspecified atom stereocenters. The Morgan fingerprint density at radius 1 is 1.15 bits per heavy atom. The van der Waals surface area contributed by atoms with Gasteiger partial charge in [0.05, 0.1) is 18.5 Å². The standard InChI is InChI=1S/C21H21N3O2/c1-2-26-18-11-7-16(8-12-18)21(25)23-17-9-5-15(6-10-17)19-14-22-20-4-3-13-24(19)20/h5-12,14H,2-4,13H2,1H3,(H,23,25). The van der Waals surface area contributed by atoms with Crippen molar-refractivity contribution in [2.45, 2.75) is 26.3 Å². The van der Waals surface area contributed by atoms with Gasteiger partial charge in [0, 0.05) is 24.2 Å². The number of hydrogen-bond donors (Lipinski definition) is 1. The Labute approximate surface area is 152 Å². The average molecular weight is 347 g/mol. The van der Waals surface area contributed by atoms with E-state index in [1.807, 2.05) is 49.5 Å². The minimum absolute atomic E-state index is 0.133. The summed E-state index contributed by atoms with van der Waals surface area (Å²) >= 11 is 0. The van der Waals surface area contributed by atoms with Crippen molar-refractivity contribution in [3.8, 4) is 17.0 Å². The largest absolute Gasteiger partial charge is 0.494 e. The summed E-state index contributed by atoms with van der Waals surface area (Å²) in [6.07, 6.45) is 4.14. The van der Waals surface area contributed by atoms with E-state index in [2.05, 4.69) is 14.9 Å². The molecule has 132 valence electrons. The van der Waals surface area contributed by atoms with E-state index >= 15 is 0 Å². The predicted molar refractivity (Wildman–Crippen MR) is 102 cm³/mol. The average Bonchev–Trinajstić information content (AvgIpc) is 3.27. The third-order valence-corrected chi connectivity index (χ3v) is 4.59.